The van der Waals surface area contributed by atoms with Gasteiger partial charge in [-0.3, -0.25) is 9.80 Å². The number of rotatable bonds is 8. The van der Waals surface area contributed by atoms with Crippen LogP contribution in [0.3, 0.4) is 0 Å². The van der Waals surface area contributed by atoms with Crippen LogP contribution < -0.4 is 10.6 Å². The maximum absolute atomic E-state index is 10.3. The number of nitrogens with zero attached hydrogens (tertiary/aromatic N) is 2. The second kappa shape index (κ2) is 9.15. The Labute approximate surface area is 148 Å². The average molecular weight is 348 g/mol. The molecule has 1 aromatic rings. The second-order valence-corrected chi connectivity index (χ2v) is 6.67. The normalized spacial score (nSPS) is 18.2. The van der Waals surface area contributed by atoms with Gasteiger partial charge in [-0.1, -0.05) is 18.2 Å². The van der Waals surface area contributed by atoms with E-state index in [1.54, 1.807) is 0 Å². The molecule has 2 aliphatic rings. The summed E-state index contributed by atoms with van der Waals surface area (Å²) in [5.74, 6) is 0. The number of carbonyl (C=O) groups is 1. The molecule has 2 aliphatic heterocycles. The lowest BCUT2D eigenvalue weighted by Crippen LogP contribution is -2.46. The molecule has 7 heteroatoms. The third-order valence-electron chi connectivity index (χ3n) is 4.85. The van der Waals surface area contributed by atoms with Crippen molar-refractivity contribution in [2.24, 2.45) is 0 Å². The minimum Gasteiger partial charge on any atom is -0.465 e. The Morgan fingerprint density at radius 3 is 2.68 bits per heavy atom. The van der Waals surface area contributed by atoms with E-state index in [0.717, 1.165) is 52.4 Å². The zero-order valence-corrected chi connectivity index (χ0v) is 14.7. The second-order valence-electron chi connectivity index (χ2n) is 6.67. The van der Waals surface area contributed by atoms with Gasteiger partial charge in [0.05, 0.1) is 13.2 Å². The minimum atomic E-state index is -1.00. The van der Waals surface area contributed by atoms with Crippen LogP contribution in [-0.2, 0) is 24.4 Å². The third kappa shape index (κ3) is 5.67. The Balaban J connectivity index is 1.30. The SMILES string of the molecule is O=C(O)NCCOCCN1CCN(Cc2ccc3c(c2)CNC3)CC1. The third-order valence-corrected chi connectivity index (χ3v) is 4.85. The van der Waals surface area contributed by atoms with Gasteiger partial charge < -0.3 is 20.5 Å². The minimum absolute atomic E-state index is 0.347. The monoisotopic (exact) mass is 348 g/mol. The zero-order valence-electron chi connectivity index (χ0n) is 14.7. The molecule has 3 rings (SSSR count). The molecule has 1 saturated heterocycles. The predicted octanol–water partition coefficient (Wildman–Crippen LogP) is 0.692. The van der Waals surface area contributed by atoms with E-state index in [0.29, 0.717) is 19.8 Å². The molecular formula is C18H28N4O3. The van der Waals surface area contributed by atoms with Crippen LogP contribution in [0.25, 0.3) is 0 Å². The summed E-state index contributed by atoms with van der Waals surface area (Å²) in [4.78, 5) is 15.2. The maximum atomic E-state index is 10.3. The summed E-state index contributed by atoms with van der Waals surface area (Å²) in [6.45, 7) is 9.64. The van der Waals surface area contributed by atoms with Crippen molar-refractivity contribution in [3.8, 4) is 0 Å². The molecule has 0 spiro atoms. The van der Waals surface area contributed by atoms with Crippen molar-refractivity contribution in [3.63, 3.8) is 0 Å². The molecule has 1 aromatic carbocycles. The first-order chi connectivity index (χ1) is 12.2. The van der Waals surface area contributed by atoms with E-state index in [2.05, 4.69) is 38.6 Å². The number of nitrogens with one attached hydrogen (secondary N) is 2. The number of benzene rings is 1. The summed E-state index contributed by atoms with van der Waals surface area (Å²) in [5, 5.41) is 14.2. The fraction of sp³-hybridized carbons (Fsp3) is 0.611. The van der Waals surface area contributed by atoms with Gasteiger partial charge in [0.2, 0.25) is 0 Å². The Kier molecular flexibility index (Phi) is 6.63. The van der Waals surface area contributed by atoms with Gasteiger partial charge in [0.25, 0.3) is 0 Å². The summed E-state index contributed by atoms with van der Waals surface area (Å²) in [5.41, 5.74) is 4.29. The van der Waals surface area contributed by atoms with E-state index in [1.165, 1.54) is 16.7 Å². The molecule has 0 bridgehead atoms. The van der Waals surface area contributed by atoms with Gasteiger partial charge in [-0.25, -0.2) is 4.79 Å². The maximum Gasteiger partial charge on any atom is 0.404 e. The molecule has 0 unspecified atom stereocenters. The van der Waals surface area contributed by atoms with Crippen LogP contribution in [0.2, 0.25) is 0 Å². The number of hydrogen-bond acceptors (Lipinski definition) is 5. The highest BCUT2D eigenvalue weighted by molar-refractivity contribution is 5.64. The van der Waals surface area contributed by atoms with E-state index < -0.39 is 6.09 Å². The molecule has 0 aromatic heterocycles. The van der Waals surface area contributed by atoms with Crippen LogP contribution in [0, 0.1) is 0 Å². The molecule has 0 saturated carbocycles. The first kappa shape index (κ1) is 18.1. The van der Waals surface area contributed by atoms with Gasteiger partial charge in [-0.05, 0) is 16.7 Å². The molecule has 1 amide bonds. The number of carboxylic acid groups (broad SMARTS) is 1. The molecule has 7 nitrogen and oxygen atoms in total. The standard InChI is InChI=1S/C18H28N4O3/c23-18(24)20-3-9-25-10-8-21-4-6-22(7-5-21)14-15-1-2-16-12-19-13-17(16)11-15/h1-2,11,19-20H,3-10,12-14H2,(H,23,24). The van der Waals surface area contributed by atoms with E-state index in [-0.39, 0.29) is 0 Å². The van der Waals surface area contributed by atoms with Crippen LogP contribution in [0.5, 0.6) is 0 Å². The highest BCUT2D eigenvalue weighted by atomic mass is 16.5. The molecule has 0 radical (unpaired) electrons. The highest BCUT2D eigenvalue weighted by Crippen LogP contribution is 2.18. The number of ether oxygens (including phenoxy) is 1. The molecule has 0 atom stereocenters. The number of piperazine rings is 1. The van der Waals surface area contributed by atoms with Gasteiger partial charge in [0, 0.05) is 58.9 Å². The topological polar surface area (TPSA) is 77.1 Å². The van der Waals surface area contributed by atoms with Crippen LogP contribution in [0.1, 0.15) is 16.7 Å². The van der Waals surface area contributed by atoms with Crippen molar-refractivity contribution >= 4 is 6.09 Å². The first-order valence-corrected chi connectivity index (χ1v) is 9.01. The van der Waals surface area contributed by atoms with Gasteiger partial charge >= 0.3 is 6.09 Å². The Hall–Kier alpha value is -1.67. The van der Waals surface area contributed by atoms with E-state index in [4.69, 9.17) is 9.84 Å². The number of amides is 1. The van der Waals surface area contributed by atoms with Crippen molar-refractivity contribution in [2.75, 3.05) is 52.5 Å². The molecule has 3 N–H and O–H groups in total. The zero-order chi connectivity index (χ0) is 17.5. The van der Waals surface area contributed by atoms with Crippen molar-refractivity contribution in [1.82, 2.24) is 20.4 Å². The largest absolute Gasteiger partial charge is 0.465 e. The first-order valence-electron chi connectivity index (χ1n) is 9.01. The quantitative estimate of drug-likeness (QED) is 0.600. The number of fused-ring (bicyclic) bond motifs is 1. The molecule has 0 aliphatic carbocycles. The van der Waals surface area contributed by atoms with Crippen LogP contribution in [-0.4, -0.2) is 73.5 Å². The van der Waals surface area contributed by atoms with E-state index in [1.807, 2.05) is 0 Å². The summed E-state index contributed by atoms with van der Waals surface area (Å²) in [7, 11) is 0. The molecule has 138 valence electrons. The van der Waals surface area contributed by atoms with Gasteiger partial charge in [-0.15, -0.1) is 0 Å². The van der Waals surface area contributed by atoms with Crippen molar-refractivity contribution in [3.05, 3.63) is 34.9 Å². The fourth-order valence-corrected chi connectivity index (χ4v) is 3.40. The Morgan fingerprint density at radius 1 is 1.12 bits per heavy atom. The van der Waals surface area contributed by atoms with Crippen LogP contribution >= 0.6 is 0 Å². The van der Waals surface area contributed by atoms with Gasteiger partial charge in [0.15, 0.2) is 0 Å². The smallest absolute Gasteiger partial charge is 0.404 e. The fourth-order valence-electron chi connectivity index (χ4n) is 3.40. The van der Waals surface area contributed by atoms with Crippen LogP contribution in [0.4, 0.5) is 4.79 Å². The molecule has 25 heavy (non-hydrogen) atoms. The van der Waals surface area contributed by atoms with Gasteiger partial charge in [-0.2, -0.15) is 0 Å². The highest BCUT2D eigenvalue weighted by Gasteiger charge is 2.17. The lowest BCUT2D eigenvalue weighted by molar-refractivity contribution is 0.0743. The summed E-state index contributed by atoms with van der Waals surface area (Å²) < 4.78 is 5.46. The number of hydrogen-bond donors (Lipinski definition) is 3. The summed E-state index contributed by atoms with van der Waals surface area (Å²) in [6.07, 6.45) is -1.00. The summed E-state index contributed by atoms with van der Waals surface area (Å²) >= 11 is 0. The molecule has 1 fully saturated rings. The molecule has 2 heterocycles. The lowest BCUT2D eigenvalue weighted by Gasteiger charge is -2.34. The predicted molar refractivity (Wildman–Crippen MR) is 95.5 cm³/mol. The average Bonchev–Trinajstić information content (AvgIpc) is 3.07. The van der Waals surface area contributed by atoms with Crippen molar-refractivity contribution < 1.29 is 14.6 Å². The van der Waals surface area contributed by atoms with Crippen molar-refractivity contribution in [1.29, 1.82) is 0 Å². The van der Waals surface area contributed by atoms with E-state index >= 15 is 0 Å². The molecular weight excluding hydrogens is 320 g/mol. The summed E-state index contributed by atoms with van der Waals surface area (Å²) in [6, 6.07) is 6.87. The van der Waals surface area contributed by atoms with Crippen molar-refractivity contribution in [2.45, 2.75) is 19.6 Å². The Bertz CT molecular complexity index is 573. The van der Waals surface area contributed by atoms with Crippen LogP contribution in [0.15, 0.2) is 18.2 Å². The Morgan fingerprint density at radius 2 is 1.88 bits per heavy atom. The van der Waals surface area contributed by atoms with E-state index in [9.17, 15) is 4.79 Å². The lowest BCUT2D eigenvalue weighted by atomic mass is 10.1. The van der Waals surface area contributed by atoms with Gasteiger partial charge in [0.1, 0.15) is 0 Å².